The predicted octanol–water partition coefficient (Wildman–Crippen LogP) is 6.01. The first-order chi connectivity index (χ1) is 18.1. The number of hydrogen-bond acceptors (Lipinski definition) is 4. The monoisotopic (exact) mass is 609 g/mol. The number of benzene rings is 2. The first-order valence-corrected chi connectivity index (χ1v) is 12.0. The van der Waals surface area contributed by atoms with Gasteiger partial charge in [0.1, 0.15) is 22.4 Å². The first-order valence-electron chi connectivity index (χ1n) is 10.8. The second-order valence-corrected chi connectivity index (χ2v) is 10.4. The van der Waals surface area contributed by atoms with Gasteiger partial charge in [0.25, 0.3) is 11.8 Å². The summed E-state index contributed by atoms with van der Waals surface area (Å²) in [5.41, 5.74) is -2.09. The molecule has 1 aliphatic carbocycles. The van der Waals surface area contributed by atoms with Crippen molar-refractivity contribution in [3.8, 4) is 0 Å². The van der Waals surface area contributed by atoms with Crippen molar-refractivity contribution in [2.24, 2.45) is 5.92 Å². The maximum absolute atomic E-state index is 15.1. The molecule has 39 heavy (non-hydrogen) atoms. The highest BCUT2D eigenvalue weighted by molar-refractivity contribution is 6.52. The van der Waals surface area contributed by atoms with Crippen LogP contribution in [-0.2, 0) is 11.3 Å². The van der Waals surface area contributed by atoms with Crippen LogP contribution in [0.4, 0.5) is 39.0 Å². The lowest BCUT2D eigenvalue weighted by molar-refractivity contribution is -0.142. The van der Waals surface area contributed by atoms with Crippen molar-refractivity contribution in [2.75, 3.05) is 16.0 Å². The third-order valence-corrected chi connectivity index (χ3v) is 6.58. The summed E-state index contributed by atoms with van der Waals surface area (Å²) in [6, 6.07) is 6.48. The van der Waals surface area contributed by atoms with E-state index >= 15 is 4.39 Å². The van der Waals surface area contributed by atoms with Crippen molar-refractivity contribution in [2.45, 2.75) is 23.5 Å². The number of halogens is 8. The van der Waals surface area contributed by atoms with Crippen molar-refractivity contribution in [1.82, 2.24) is 9.78 Å². The number of alkyl halides is 5. The minimum atomic E-state index is -4.60. The van der Waals surface area contributed by atoms with Gasteiger partial charge in [-0.25, -0.2) is 8.78 Å². The van der Waals surface area contributed by atoms with Crippen LogP contribution < -0.4 is 16.0 Å². The van der Waals surface area contributed by atoms with Crippen LogP contribution in [0.1, 0.15) is 27.3 Å². The normalized spacial score (nSPS) is 15.9. The Hall–Kier alpha value is -3.42. The van der Waals surface area contributed by atoms with E-state index in [0.717, 1.165) is 24.4 Å². The van der Waals surface area contributed by atoms with E-state index in [0.29, 0.717) is 4.68 Å². The van der Waals surface area contributed by atoms with Gasteiger partial charge in [0, 0.05) is 11.9 Å². The lowest BCUT2D eigenvalue weighted by Crippen LogP contribution is -2.20. The van der Waals surface area contributed by atoms with Gasteiger partial charge in [-0.05, 0) is 42.8 Å². The molecule has 4 rings (SSSR count). The molecule has 1 heterocycles. The highest BCUT2D eigenvalue weighted by Gasteiger charge is 2.56. The van der Waals surface area contributed by atoms with Crippen LogP contribution >= 0.6 is 34.8 Å². The third-order valence-electron chi connectivity index (χ3n) is 5.41. The third kappa shape index (κ3) is 6.78. The number of nitrogens with one attached hydrogen (secondary N) is 3. The van der Waals surface area contributed by atoms with Crippen molar-refractivity contribution in [3.63, 3.8) is 0 Å². The molecule has 1 saturated carbocycles. The molecule has 0 spiro atoms. The molecular weight excluding hydrogens is 596 g/mol. The van der Waals surface area contributed by atoms with E-state index in [1.54, 1.807) is 0 Å². The van der Waals surface area contributed by atoms with E-state index in [-0.39, 0.29) is 22.7 Å². The van der Waals surface area contributed by atoms with E-state index in [2.05, 4.69) is 15.7 Å². The highest BCUT2D eigenvalue weighted by atomic mass is 35.5. The molecule has 2 aromatic carbocycles. The van der Waals surface area contributed by atoms with Gasteiger partial charge >= 0.3 is 6.18 Å². The molecule has 3 amide bonds. The van der Waals surface area contributed by atoms with Gasteiger partial charge in [0.05, 0.1) is 22.2 Å². The lowest BCUT2D eigenvalue weighted by atomic mass is 10.1. The molecular formula is C23H15Cl3F5N5O3. The van der Waals surface area contributed by atoms with Gasteiger partial charge in [-0.1, -0.05) is 11.6 Å². The van der Waals surface area contributed by atoms with Crippen LogP contribution in [0.2, 0.25) is 5.02 Å². The average molecular weight is 611 g/mol. The number of carbonyl (C=O) groups is 3. The second-order valence-electron chi connectivity index (χ2n) is 8.41. The van der Waals surface area contributed by atoms with Crippen LogP contribution in [0.15, 0.2) is 42.6 Å². The molecule has 8 nitrogen and oxygen atoms in total. The number of anilines is 3. The molecule has 0 aliphatic heterocycles. The summed E-state index contributed by atoms with van der Waals surface area (Å²) < 4.78 is 66.2. The summed E-state index contributed by atoms with van der Waals surface area (Å²) in [7, 11) is 0. The van der Waals surface area contributed by atoms with Gasteiger partial charge < -0.3 is 16.0 Å². The zero-order valence-corrected chi connectivity index (χ0v) is 21.4. The Balaban J connectivity index is 1.49. The first kappa shape index (κ1) is 28.6. The molecule has 1 aromatic heterocycles. The van der Waals surface area contributed by atoms with Crippen molar-refractivity contribution in [3.05, 3.63) is 70.5 Å². The molecule has 3 aromatic rings. The van der Waals surface area contributed by atoms with E-state index < -0.39 is 69.4 Å². The van der Waals surface area contributed by atoms with Gasteiger partial charge in [-0.2, -0.15) is 18.3 Å². The fraction of sp³-hybridized carbons (Fsp3) is 0.217. The summed E-state index contributed by atoms with van der Waals surface area (Å²) in [5, 5.41) is 9.99. The molecule has 0 radical (unpaired) electrons. The molecule has 206 valence electrons. The predicted molar refractivity (Wildman–Crippen MR) is 133 cm³/mol. The van der Waals surface area contributed by atoms with E-state index in [1.165, 1.54) is 18.2 Å². The topological polar surface area (TPSA) is 105 Å². The SMILES string of the molecule is O=C(Nc1c(F)ccc(NC(=O)c2cc(NC(=O)C3CC3(Cl)Cl)ccc2Cl)c1F)c1ccn(CC(F)(F)F)n1. The summed E-state index contributed by atoms with van der Waals surface area (Å²) >= 11 is 17.8. The molecule has 1 unspecified atom stereocenters. The van der Waals surface area contributed by atoms with Gasteiger partial charge in [-0.15, -0.1) is 23.2 Å². The van der Waals surface area contributed by atoms with Gasteiger partial charge in [-0.3, -0.25) is 19.1 Å². The average Bonchev–Trinajstić information content (AvgIpc) is 3.24. The zero-order chi connectivity index (χ0) is 28.7. The minimum Gasteiger partial charge on any atom is -0.326 e. The number of rotatable bonds is 7. The number of carbonyl (C=O) groups excluding carboxylic acids is 3. The zero-order valence-electron chi connectivity index (χ0n) is 19.2. The van der Waals surface area contributed by atoms with Crippen LogP contribution in [0, 0.1) is 17.6 Å². The summed E-state index contributed by atoms with van der Waals surface area (Å²) in [5.74, 6) is -5.89. The summed E-state index contributed by atoms with van der Waals surface area (Å²) in [4.78, 5) is 37.4. The summed E-state index contributed by atoms with van der Waals surface area (Å²) in [6.45, 7) is -1.47. The Morgan fingerprint density at radius 3 is 2.36 bits per heavy atom. The minimum absolute atomic E-state index is 0.0635. The molecule has 3 N–H and O–H groups in total. The molecule has 16 heteroatoms. The van der Waals surface area contributed by atoms with Crippen LogP contribution in [0.25, 0.3) is 0 Å². The number of amides is 3. The Bertz CT molecular complexity index is 1480. The summed E-state index contributed by atoms with van der Waals surface area (Å²) in [6.07, 6.45) is -3.48. The fourth-order valence-corrected chi connectivity index (χ4v) is 4.10. The highest BCUT2D eigenvalue weighted by Crippen LogP contribution is 2.53. The molecule has 1 atom stereocenters. The van der Waals surface area contributed by atoms with Crippen LogP contribution in [0.5, 0.6) is 0 Å². The molecule has 0 bridgehead atoms. The van der Waals surface area contributed by atoms with Crippen molar-refractivity contribution in [1.29, 1.82) is 0 Å². The maximum Gasteiger partial charge on any atom is 0.408 e. The van der Waals surface area contributed by atoms with Crippen LogP contribution in [-0.4, -0.2) is 38.0 Å². The Labute approximate surface area is 231 Å². The molecule has 0 saturated heterocycles. The second kappa shape index (κ2) is 10.6. The van der Waals surface area contributed by atoms with E-state index in [4.69, 9.17) is 34.8 Å². The number of aromatic nitrogens is 2. The van der Waals surface area contributed by atoms with E-state index in [9.17, 15) is 31.9 Å². The van der Waals surface area contributed by atoms with Gasteiger partial charge in [0.2, 0.25) is 5.91 Å². The Morgan fingerprint density at radius 2 is 1.72 bits per heavy atom. The van der Waals surface area contributed by atoms with Gasteiger partial charge in [0.15, 0.2) is 11.5 Å². The standard InChI is InChI=1S/C23H15Cl3F5N5O3/c24-13-2-1-10(32-20(38)12-8-22(12,25)26)7-11(13)19(37)33-15-4-3-14(27)18(17(15)28)34-21(39)16-5-6-36(35-16)9-23(29,30)31/h1-7,12H,8-9H2,(H,32,38)(H,33,37)(H,34,39). The maximum atomic E-state index is 15.1. The number of nitrogens with zero attached hydrogens (tertiary/aromatic N) is 2. The van der Waals surface area contributed by atoms with Crippen LogP contribution in [0.3, 0.4) is 0 Å². The van der Waals surface area contributed by atoms with Crippen molar-refractivity contribution >= 4 is 69.6 Å². The van der Waals surface area contributed by atoms with Crippen molar-refractivity contribution < 1.29 is 36.3 Å². The molecule has 1 fully saturated rings. The Kier molecular flexibility index (Phi) is 7.79. The lowest BCUT2D eigenvalue weighted by Gasteiger charge is -2.13. The number of hydrogen-bond donors (Lipinski definition) is 3. The fourth-order valence-electron chi connectivity index (χ4n) is 3.39. The Morgan fingerprint density at radius 1 is 1.03 bits per heavy atom. The molecule has 1 aliphatic rings. The largest absolute Gasteiger partial charge is 0.408 e. The quantitative estimate of drug-likeness (QED) is 0.225. The van der Waals surface area contributed by atoms with E-state index in [1.807, 2.05) is 5.32 Å². The smallest absolute Gasteiger partial charge is 0.326 e.